The number of aliphatic hydroxyl groups is 2. The van der Waals surface area contributed by atoms with Crippen molar-refractivity contribution < 1.29 is 33.3 Å². The Morgan fingerprint density at radius 1 is 0.711 bits per heavy atom. The molecule has 2 aliphatic rings. The molecule has 1 aliphatic heterocycles. The molecule has 0 fully saturated rings. The number of aryl methyl sites for hydroxylation is 4. The lowest BCUT2D eigenvalue weighted by Gasteiger charge is -2.43. The first kappa shape index (κ1) is 28.9. The zero-order valence-electron chi connectivity index (χ0n) is 24.8. The van der Waals surface area contributed by atoms with Gasteiger partial charge in [0.05, 0.1) is 25.2 Å². The van der Waals surface area contributed by atoms with Crippen LogP contribution < -0.4 is 25.1 Å². The first-order valence-electron chi connectivity index (χ1n) is 14.9. The third kappa shape index (κ3) is 5.28. The normalized spacial score (nSPS) is 19.8. The van der Waals surface area contributed by atoms with Crippen molar-refractivity contribution in [3.8, 4) is 17.2 Å². The molecule has 2 N–H and O–H groups in total. The number of ether oxygens (including phenoxy) is 3. The summed E-state index contributed by atoms with van der Waals surface area (Å²) in [7, 11) is 3.16. The highest BCUT2D eigenvalue weighted by Gasteiger charge is 2.50. The van der Waals surface area contributed by atoms with Gasteiger partial charge in [-0.15, -0.1) is 0 Å². The van der Waals surface area contributed by atoms with Crippen molar-refractivity contribution in [3.63, 3.8) is 0 Å². The summed E-state index contributed by atoms with van der Waals surface area (Å²) in [6.45, 7) is 0. The third-order valence-corrected chi connectivity index (χ3v) is 8.77. The fraction of sp³-hybridized carbons (Fsp3) is 0.278. The molecule has 5 aromatic rings. The maximum Gasteiger partial charge on any atom is 0.193 e. The smallest absolute Gasteiger partial charge is 0.193 e. The van der Waals surface area contributed by atoms with Crippen molar-refractivity contribution in [3.05, 3.63) is 133 Å². The van der Waals surface area contributed by atoms with E-state index in [0.29, 0.717) is 65.2 Å². The summed E-state index contributed by atoms with van der Waals surface area (Å²) < 4.78 is 28.7. The lowest BCUT2D eigenvalue weighted by molar-refractivity contribution is -0.0826. The maximum absolute atomic E-state index is 13.5. The Bertz CT molecular complexity index is 2010. The molecule has 3 heterocycles. The number of aliphatic hydroxyl groups excluding tert-OH is 2. The predicted octanol–water partition coefficient (Wildman–Crippen LogP) is 4.63. The Balaban J connectivity index is 1.13. The summed E-state index contributed by atoms with van der Waals surface area (Å²) in [4.78, 5) is 26.2. The van der Waals surface area contributed by atoms with E-state index in [9.17, 15) is 19.8 Å². The van der Waals surface area contributed by atoms with Crippen LogP contribution in [0.2, 0.25) is 0 Å². The maximum atomic E-state index is 13.5. The second kappa shape index (κ2) is 11.6. The molecule has 9 heteroatoms. The molecule has 4 atom stereocenters. The third-order valence-electron chi connectivity index (χ3n) is 8.77. The predicted molar refractivity (Wildman–Crippen MR) is 165 cm³/mol. The molecule has 0 amide bonds. The van der Waals surface area contributed by atoms with Gasteiger partial charge in [-0.2, -0.15) is 0 Å². The number of methoxy groups -OCH3 is 2. The standard InChI is InChI=1S/C36H32O9/c1-41-21-8-3-19(4-9-21)5-10-24-18-28(38)32-31-25-13-7-20(15-30(25)45-36(33(31)39)34(40)35(32)44-24)6-11-23-17-27(37)26-16-22(42-2)12-14-29(26)43-23/h3-4,7-9,12-18,31,33-34,36,39-40H,5-6,10-11H2,1-2H3/t31-,33+,34-,36-/m0/s1. The summed E-state index contributed by atoms with van der Waals surface area (Å²) in [6, 6.07) is 21.4. The average molecular weight is 609 g/mol. The summed E-state index contributed by atoms with van der Waals surface area (Å²) >= 11 is 0. The van der Waals surface area contributed by atoms with Crippen molar-refractivity contribution in [2.45, 2.75) is 49.9 Å². The Labute approximate surface area is 258 Å². The van der Waals surface area contributed by atoms with Crippen LogP contribution in [0.15, 0.2) is 91.2 Å². The molecule has 7 rings (SSSR count). The Morgan fingerprint density at radius 2 is 1.38 bits per heavy atom. The van der Waals surface area contributed by atoms with E-state index in [0.717, 1.165) is 16.9 Å². The second-order valence-corrected chi connectivity index (χ2v) is 11.5. The van der Waals surface area contributed by atoms with Gasteiger partial charge in [0, 0.05) is 36.5 Å². The molecule has 230 valence electrons. The van der Waals surface area contributed by atoms with E-state index >= 15 is 0 Å². The van der Waals surface area contributed by atoms with Gasteiger partial charge in [0.25, 0.3) is 0 Å². The molecule has 0 saturated carbocycles. The van der Waals surface area contributed by atoms with Crippen molar-refractivity contribution in [2.75, 3.05) is 14.2 Å². The van der Waals surface area contributed by atoms with Crippen LogP contribution in [-0.2, 0) is 25.7 Å². The van der Waals surface area contributed by atoms with E-state index in [1.165, 1.54) is 12.1 Å². The first-order chi connectivity index (χ1) is 21.8. The van der Waals surface area contributed by atoms with Gasteiger partial charge in [-0.1, -0.05) is 24.3 Å². The van der Waals surface area contributed by atoms with Crippen molar-refractivity contribution in [2.24, 2.45) is 0 Å². The second-order valence-electron chi connectivity index (χ2n) is 11.5. The minimum atomic E-state index is -1.32. The van der Waals surface area contributed by atoms with E-state index in [4.69, 9.17) is 23.0 Å². The van der Waals surface area contributed by atoms with E-state index in [-0.39, 0.29) is 22.2 Å². The fourth-order valence-electron chi connectivity index (χ4n) is 6.39. The van der Waals surface area contributed by atoms with Crippen LogP contribution >= 0.6 is 0 Å². The molecule has 0 unspecified atom stereocenters. The summed E-state index contributed by atoms with van der Waals surface area (Å²) in [5.41, 5.74) is 2.94. The van der Waals surface area contributed by atoms with Crippen molar-refractivity contribution >= 4 is 11.0 Å². The molecule has 0 spiro atoms. The van der Waals surface area contributed by atoms with Crippen LogP contribution in [0.1, 0.15) is 51.6 Å². The molecule has 0 radical (unpaired) electrons. The topological polar surface area (TPSA) is 129 Å². The van der Waals surface area contributed by atoms with Gasteiger partial charge in [-0.3, -0.25) is 9.59 Å². The van der Waals surface area contributed by atoms with E-state index in [1.54, 1.807) is 32.4 Å². The molecule has 1 aliphatic carbocycles. The quantitative estimate of drug-likeness (QED) is 0.259. The van der Waals surface area contributed by atoms with Gasteiger partial charge < -0.3 is 33.3 Å². The molecule has 45 heavy (non-hydrogen) atoms. The van der Waals surface area contributed by atoms with E-state index < -0.39 is 24.2 Å². The molecule has 0 saturated heterocycles. The van der Waals surface area contributed by atoms with Crippen LogP contribution in [0.4, 0.5) is 0 Å². The van der Waals surface area contributed by atoms with Crippen molar-refractivity contribution in [1.82, 2.24) is 0 Å². The van der Waals surface area contributed by atoms with Crippen LogP contribution in [-0.4, -0.2) is 36.6 Å². The molecule has 3 aromatic carbocycles. The molecule has 2 bridgehead atoms. The SMILES string of the molecule is COc1ccc(CCc2cc(=O)c3c(o2)[C@H](O)[C@H]2Oc4cc(CCc5cc(=O)c6cc(OC)ccc6o5)ccc4[C@@H]3[C@H]2O)cc1. The molecular formula is C36H32O9. The Morgan fingerprint density at radius 3 is 2.13 bits per heavy atom. The first-order valence-corrected chi connectivity index (χ1v) is 14.9. The molecule has 9 nitrogen and oxygen atoms in total. The minimum Gasteiger partial charge on any atom is -0.497 e. The van der Waals surface area contributed by atoms with Gasteiger partial charge >= 0.3 is 0 Å². The van der Waals surface area contributed by atoms with E-state index in [1.807, 2.05) is 42.5 Å². The Kier molecular flexibility index (Phi) is 7.43. The highest BCUT2D eigenvalue weighted by molar-refractivity contribution is 5.78. The number of hydrogen-bond acceptors (Lipinski definition) is 9. The lowest BCUT2D eigenvalue weighted by Crippen LogP contribution is -2.50. The number of rotatable bonds is 8. The Hall–Kier alpha value is -4.86. The van der Waals surface area contributed by atoms with Crippen molar-refractivity contribution in [1.29, 1.82) is 0 Å². The number of fused-ring (bicyclic) bond motifs is 7. The van der Waals surface area contributed by atoms with Gasteiger partial charge in [0.15, 0.2) is 23.1 Å². The van der Waals surface area contributed by atoms with Crippen LogP contribution in [0.5, 0.6) is 17.2 Å². The summed E-state index contributed by atoms with van der Waals surface area (Å²) in [5, 5.41) is 22.9. The zero-order valence-corrected chi connectivity index (χ0v) is 24.8. The zero-order chi connectivity index (χ0) is 31.2. The fourth-order valence-corrected chi connectivity index (χ4v) is 6.39. The summed E-state index contributed by atoms with van der Waals surface area (Å²) in [5.74, 6) is 2.29. The van der Waals surface area contributed by atoms with Crippen LogP contribution in [0.3, 0.4) is 0 Å². The highest BCUT2D eigenvalue weighted by Crippen LogP contribution is 2.48. The largest absolute Gasteiger partial charge is 0.497 e. The lowest BCUT2D eigenvalue weighted by atomic mass is 9.74. The van der Waals surface area contributed by atoms with Crippen LogP contribution in [0, 0.1) is 0 Å². The van der Waals surface area contributed by atoms with Gasteiger partial charge in [-0.05, 0) is 60.4 Å². The van der Waals surface area contributed by atoms with Gasteiger partial charge in [0.1, 0.15) is 46.2 Å². The highest BCUT2D eigenvalue weighted by atomic mass is 16.5. The van der Waals surface area contributed by atoms with Gasteiger partial charge in [-0.25, -0.2) is 0 Å². The number of hydrogen-bond donors (Lipinski definition) is 2. The number of benzene rings is 3. The summed E-state index contributed by atoms with van der Waals surface area (Å²) in [6.07, 6.45) is -1.31. The monoisotopic (exact) mass is 608 g/mol. The minimum absolute atomic E-state index is 0.142. The van der Waals surface area contributed by atoms with E-state index in [2.05, 4.69) is 0 Å². The molecular weight excluding hydrogens is 576 g/mol. The molecule has 2 aromatic heterocycles. The van der Waals surface area contributed by atoms with Gasteiger partial charge in [0.2, 0.25) is 0 Å². The average Bonchev–Trinajstić information content (AvgIpc) is 3.05. The van der Waals surface area contributed by atoms with Crippen LogP contribution in [0.25, 0.3) is 11.0 Å².